The number of rotatable bonds is 5. The van der Waals surface area contributed by atoms with Crippen molar-refractivity contribution in [3.8, 4) is 0 Å². The van der Waals surface area contributed by atoms with Gasteiger partial charge in [0.05, 0.1) is 5.56 Å². The molecule has 0 aliphatic rings. The molecule has 0 bridgehead atoms. The molecule has 0 unspecified atom stereocenters. The van der Waals surface area contributed by atoms with Gasteiger partial charge in [0, 0.05) is 5.69 Å². The highest BCUT2D eigenvalue weighted by molar-refractivity contribution is 6.01. The van der Waals surface area contributed by atoms with Gasteiger partial charge in [-0.25, -0.2) is 4.79 Å². The number of carbonyl (C=O) groups is 2. The Kier molecular flexibility index (Phi) is 4.53. The molecule has 5 heteroatoms. The number of amides is 1. The van der Waals surface area contributed by atoms with Crippen LogP contribution in [0, 0.1) is 6.92 Å². The molecule has 1 aromatic rings. The normalized spacial score (nSPS) is 11.1. The fraction of sp³-hybridized carbons (Fsp3) is 0.429. The first-order valence-corrected chi connectivity index (χ1v) is 6.28. The topological polar surface area (TPSA) is 92.4 Å². The Balaban J connectivity index is 3.07. The molecule has 0 atom stereocenters. The first kappa shape index (κ1) is 15.0. The average Bonchev–Trinajstić information content (AvgIpc) is 2.38. The Bertz CT molecular complexity index is 493. The van der Waals surface area contributed by atoms with E-state index in [0.717, 1.165) is 5.56 Å². The first-order valence-electron chi connectivity index (χ1n) is 6.28. The molecule has 0 aliphatic heterocycles. The minimum absolute atomic E-state index is 0.313. The Labute approximate surface area is 112 Å². The van der Waals surface area contributed by atoms with E-state index >= 15 is 0 Å². The van der Waals surface area contributed by atoms with Gasteiger partial charge in [0.15, 0.2) is 0 Å². The van der Waals surface area contributed by atoms with Crippen LogP contribution in [-0.2, 0) is 4.79 Å². The van der Waals surface area contributed by atoms with Crippen molar-refractivity contribution in [1.82, 2.24) is 5.32 Å². The van der Waals surface area contributed by atoms with E-state index in [2.05, 4.69) is 5.32 Å². The lowest BCUT2D eigenvalue weighted by Gasteiger charge is -2.28. The zero-order chi connectivity index (χ0) is 14.6. The molecule has 1 amide bonds. The lowest BCUT2D eigenvalue weighted by molar-refractivity contribution is -0.144. The summed E-state index contributed by atoms with van der Waals surface area (Å²) in [6, 6.07) is 5.10. The standard InChI is InChI=1S/C14H20N2O3/c1-4-14(5-2,13(18)19)16-12(17)10-8-9(3)6-7-11(10)15/h6-8H,4-5,15H2,1-3H3,(H,16,17)(H,18,19). The van der Waals surface area contributed by atoms with Crippen molar-refractivity contribution in [2.24, 2.45) is 0 Å². The Morgan fingerprint density at radius 3 is 2.37 bits per heavy atom. The third kappa shape index (κ3) is 3.05. The molecule has 0 heterocycles. The van der Waals surface area contributed by atoms with E-state index in [9.17, 15) is 14.7 Å². The van der Waals surface area contributed by atoms with E-state index in [1.54, 1.807) is 32.0 Å². The van der Waals surface area contributed by atoms with Gasteiger partial charge in [-0.3, -0.25) is 4.79 Å². The lowest BCUT2D eigenvalue weighted by Crippen LogP contribution is -2.53. The van der Waals surface area contributed by atoms with Crippen LogP contribution in [0.3, 0.4) is 0 Å². The molecule has 5 nitrogen and oxygen atoms in total. The molecule has 4 N–H and O–H groups in total. The largest absolute Gasteiger partial charge is 0.480 e. The predicted molar refractivity (Wildman–Crippen MR) is 74.0 cm³/mol. The molecule has 0 spiro atoms. The Hall–Kier alpha value is -2.04. The zero-order valence-electron chi connectivity index (χ0n) is 11.5. The van der Waals surface area contributed by atoms with Crippen LogP contribution < -0.4 is 11.1 Å². The van der Waals surface area contributed by atoms with Crippen molar-refractivity contribution in [1.29, 1.82) is 0 Å². The molecular weight excluding hydrogens is 244 g/mol. The summed E-state index contributed by atoms with van der Waals surface area (Å²) in [7, 11) is 0. The van der Waals surface area contributed by atoms with Crippen molar-refractivity contribution in [2.75, 3.05) is 5.73 Å². The third-order valence-corrected chi connectivity index (χ3v) is 3.42. The summed E-state index contributed by atoms with van der Waals surface area (Å²) in [4.78, 5) is 23.6. The second-order valence-electron chi connectivity index (χ2n) is 4.64. The van der Waals surface area contributed by atoms with Crippen LogP contribution in [0.1, 0.15) is 42.6 Å². The Morgan fingerprint density at radius 1 is 1.32 bits per heavy atom. The highest BCUT2D eigenvalue weighted by Crippen LogP contribution is 2.19. The summed E-state index contributed by atoms with van der Waals surface area (Å²) in [6.07, 6.45) is 0.632. The molecule has 0 radical (unpaired) electrons. The summed E-state index contributed by atoms with van der Waals surface area (Å²) in [6.45, 7) is 5.31. The predicted octanol–water partition coefficient (Wildman–Crippen LogP) is 1.95. The molecule has 0 fully saturated rings. The summed E-state index contributed by atoms with van der Waals surface area (Å²) in [5.41, 5.74) is 6.07. The molecule has 0 saturated heterocycles. The fourth-order valence-corrected chi connectivity index (χ4v) is 1.93. The number of aliphatic carboxylic acids is 1. The fourth-order valence-electron chi connectivity index (χ4n) is 1.93. The summed E-state index contributed by atoms with van der Waals surface area (Å²) in [5.74, 6) is -1.48. The van der Waals surface area contributed by atoms with Gasteiger partial charge >= 0.3 is 5.97 Å². The number of aryl methyl sites for hydroxylation is 1. The van der Waals surface area contributed by atoms with Gasteiger partial charge in [-0.1, -0.05) is 25.5 Å². The first-order chi connectivity index (χ1) is 8.86. The lowest BCUT2D eigenvalue weighted by atomic mass is 9.92. The van der Waals surface area contributed by atoms with E-state index in [0.29, 0.717) is 24.1 Å². The summed E-state index contributed by atoms with van der Waals surface area (Å²) in [5, 5.41) is 11.9. The number of carbonyl (C=O) groups excluding carboxylic acids is 1. The monoisotopic (exact) mass is 264 g/mol. The maximum Gasteiger partial charge on any atom is 0.329 e. The van der Waals surface area contributed by atoms with Gasteiger partial charge in [0.1, 0.15) is 5.54 Å². The molecule has 104 valence electrons. The van der Waals surface area contributed by atoms with E-state index in [-0.39, 0.29) is 0 Å². The summed E-state index contributed by atoms with van der Waals surface area (Å²) >= 11 is 0. The van der Waals surface area contributed by atoms with Crippen LogP contribution in [0.4, 0.5) is 5.69 Å². The van der Waals surface area contributed by atoms with E-state index < -0.39 is 17.4 Å². The number of hydrogen-bond acceptors (Lipinski definition) is 3. The number of carboxylic acid groups (broad SMARTS) is 1. The van der Waals surface area contributed by atoms with Gasteiger partial charge < -0.3 is 16.2 Å². The molecular formula is C14H20N2O3. The SMILES string of the molecule is CCC(CC)(NC(=O)c1cc(C)ccc1N)C(=O)O. The second-order valence-corrected chi connectivity index (χ2v) is 4.64. The quantitative estimate of drug-likeness (QED) is 0.709. The molecule has 1 aromatic carbocycles. The van der Waals surface area contributed by atoms with Gasteiger partial charge in [0.25, 0.3) is 5.91 Å². The zero-order valence-corrected chi connectivity index (χ0v) is 11.5. The van der Waals surface area contributed by atoms with Crippen LogP contribution in [-0.4, -0.2) is 22.5 Å². The van der Waals surface area contributed by atoms with Crippen molar-refractivity contribution in [3.05, 3.63) is 29.3 Å². The number of anilines is 1. The van der Waals surface area contributed by atoms with E-state index in [1.165, 1.54) is 0 Å². The minimum atomic E-state index is -1.24. The number of hydrogen-bond donors (Lipinski definition) is 3. The van der Waals surface area contributed by atoms with Crippen LogP contribution in [0.5, 0.6) is 0 Å². The molecule has 0 aliphatic carbocycles. The summed E-state index contributed by atoms with van der Waals surface area (Å²) < 4.78 is 0. The number of benzene rings is 1. The molecule has 1 rings (SSSR count). The van der Waals surface area contributed by atoms with Gasteiger partial charge in [-0.05, 0) is 31.9 Å². The van der Waals surface area contributed by atoms with Crippen LogP contribution >= 0.6 is 0 Å². The number of carboxylic acids is 1. The van der Waals surface area contributed by atoms with Gasteiger partial charge in [0.2, 0.25) is 0 Å². The van der Waals surface area contributed by atoms with E-state index in [1.807, 2.05) is 6.92 Å². The number of nitrogen functional groups attached to an aromatic ring is 1. The third-order valence-electron chi connectivity index (χ3n) is 3.42. The van der Waals surface area contributed by atoms with E-state index in [4.69, 9.17) is 5.73 Å². The number of nitrogens with two attached hydrogens (primary N) is 1. The van der Waals surface area contributed by atoms with Gasteiger partial charge in [-0.2, -0.15) is 0 Å². The van der Waals surface area contributed by atoms with Crippen LogP contribution in [0.15, 0.2) is 18.2 Å². The minimum Gasteiger partial charge on any atom is -0.480 e. The van der Waals surface area contributed by atoms with Crippen LogP contribution in [0.2, 0.25) is 0 Å². The smallest absolute Gasteiger partial charge is 0.329 e. The second kappa shape index (κ2) is 5.73. The molecule has 0 aromatic heterocycles. The highest BCUT2D eigenvalue weighted by atomic mass is 16.4. The van der Waals surface area contributed by atoms with Crippen molar-refractivity contribution in [2.45, 2.75) is 39.2 Å². The van der Waals surface area contributed by atoms with Crippen molar-refractivity contribution >= 4 is 17.6 Å². The van der Waals surface area contributed by atoms with Gasteiger partial charge in [-0.15, -0.1) is 0 Å². The number of nitrogens with one attached hydrogen (secondary N) is 1. The average molecular weight is 264 g/mol. The Morgan fingerprint density at radius 2 is 1.89 bits per heavy atom. The maximum absolute atomic E-state index is 12.2. The highest BCUT2D eigenvalue weighted by Gasteiger charge is 2.36. The van der Waals surface area contributed by atoms with Crippen molar-refractivity contribution < 1.29 is 14.7 Å². The molecule has 0 saturated carbocycles. The molecule has 19 heavy (non-hydrogen) atoms. The van der Waals surface area contributed by atoms with Crippen molar-refractivity contribution in [3.63, 3.8) is 0 Å². The van der Waals surface area contributed by atoms with Crippen LogP contribution in [0.25, 0.3) is 0 Å². The maximum atomic E-state index is 12.2.